The molecule has 2 N–H and O–H groups in total. The Bertz CT molecular complexity index is 939. The summed E-state index contributed by atoms with van der Waals surface area (Å²) in [6.07, 6.45) is 1.92. The fourth-order valence-corrected chi connectivity index (χ4v) is 3.59. The summed E-state index contributed by atoms with van der Waals surface area (Å²) in [7, 11) is 0. The molecule has 0 spiro atoms. The first-order valence-electron chi connectivity index (χ1n) is 9.20. The highest BCUT2D eigenvalue weighted by Crippen LogP contribution is 2.37. The zero-order valence-electron chi connectivity index (χ0n) is 15.5. The molecule has 1 atom stereocenters. The summed E-state index contributed by atoms with van der Waals surface area (Å²) < 4.78 is 16.3. The molecule has 0 saturated heterocycles. The molecule has 7 heteroatoms. The fraction of sp³-hybridized carbons (Fsp3) is 0.333. The van der Waals surface area contributed by atoms with Gasteiger partial charge in [0.25, 0.3) is 5.91 Å². The number of aliphatic hydroxyl groups excluding tert-OH is 1. The lowest BCUT2D eigenvalue weighted by Gasteiger charge is -2.23. The number of nitrogens with one attached hydrogen (secondary N) is 1. The first-order chi connectivity index (χ1) is 13.5. The average molecular weight is 383 g/mol. The van der Waals surface area contributed by atoms with Gasteiger partial charge < -0.3 is 24.6 Å². The van der Waals surface area contributed by atoms with Crippen molar-refractivity contribution in [2.75, 3.05) is 18.7 Å². The first-order valence-corrected chi connectivity index (χ1v) is 9.20. The predicted octanol–water partition coefficient (Wildman–Crippen LogP) is 3.01. The molecule has 0 unspecified atom stereocenters. The molecule has 1 aliphatic heterocycles. The van der Waals surface area contributed by atoms with Crippen LogP contribution in [0.25, 0.3) is 0 Å². The minimum absolute atomic E-state index is 0.0815. The predicted molar refractivity (Wildman–Crippen MR) is 101 cm³/mol. The van der Waals surface area contributed by atoms with E-state index in [1.54, 1.807) is 18.2 Å². The molecule has 2 aromatic carbocycles. The van der Waals surface area contributed by atoms with Gasteiger partial charge in [0, 0.05) is 11.6 Å². The number of fused-ring (bicyclic) bond motifs is 2. The molecule has 2 aromatic rings. The summed E-state index contributed by atoms with van der Waals surface area (Å²) in [5, 5.41) is 12.8. The molecule has 2 aliphatic rings. The second-order valence-electron chi connectivity index (χ2n) is 6.88. The second-order valence-corrected chi connectivity index (χ2v) is 6.88. The summed E-state index contributed by atoms with van der Waals surface area (Å²) in [4.78, 5) is 24.3. The molecule has 0 saturated carbocycles. The SMILES string of the molecule is CC(=O)c1cc2c(cc1NC(=O)COc1cccc3c1CCC[C@@H]3O)OCO2. The van der Waals surface area contributed by atoms with Crippen molar-refractivity contribution in [3.05, 3.63) is 47.0 Å². The molecule has 7 nitrogen and oxygen atoms in total. The quantitative estimate of drug-likeness (QED) is 0.771. The number of hydrogen-bond donors (Lipinski definition) is 2. The Morgan fingerprint density at radius 2 is 2.04 bits per heavy atom. The Kier molecular flexibility index (Phi) is 4.92. The molecular formula is C21H21NO6. The van der Waals surface area contributed by atoms with Crippen LogP contribution >= 0.6 is 0 Å². The highest BCUT2D eigenvalue weighted by molar-refractivity contribution is 6.04. The second kappa shape index (κ2) is 7.52. The summed E-state index contributed by atoms with van der Waals surface area (Å²) in [5.74, 6) is 0.973. The molecule has 0 radical (unpaired) electrons. The normalized spacial score (nSPS) is 17.0. The molecule has 28 heavy (non-hydrogen) atoms. The van der Waals surface area contributed by atoms with Crippen LogP contribution in [-0.2, 0) is 11.2 Å². The molecule has 1 amide bonds. The number of ketones is 1. The monoisotopic (exact) mass is 383 g/mol. The van der Waals surface area contributed by atoms with E-state index in [-0.39, 0.29) is 19.2 Å². The van der Waals surface area contributed by atoms with Gasteiger partial charge in [-0.05, 0) is 49.4 Å². The van der Waals surface area contributed by atoms with Gasteiger partial charge in [0.05, 0.1) is 11.8 Å². The minimum Gasteiger partial charge on any atom is -0.483 e. The lowest BCUT2D eigenvalue weighted by atomic mass is 9.89. The van der Waals surface area contributed by atoms with Gasteiger partial charge in [-0.3, -0.25) is 9.59 Å². The van der Waals surface area contributed by atoms with Crippen LogP contribution in [0, 0.1) is 0 Å². The van der Waals surface area contributed by atoms with E-state index in [0.717, 1.165) is 30.4 Å². The van der Waals surface area contributed by atoms with Crippen LogP contribution < -0.4 is 19.5 Å². The van der Waals surface area contributed by atoms with Crippen LogP contribution in [0.4, 0.5) is 5.69 Å². The third kappa shape index (κ3) is 3.53. The summed E-state index contributed by atoms with van der Waals surface area (Å²) in [5.41, 5.74) is 2.51. The van der Waals surface area contributed by atoms with Crippen LogP contribution in [0.2, 0.25) is 0 Å². The van der Waals surface area contributed by atoms with Gasteiger partial charge in [-0.15, -0.1) is 0 Å². The highest BCUT2D eigenvalue weighted by Gasteiger charge is 2.22. The Morgan fingerprint density at radius 1 is 1.25 bits per heavy atom. The van der Waals surface area contributed by atoms with Crippen LogP contribution in [0.15, 0.2) is 30.3 Å². The Morgan fingerprint density at radius 3 is 2.82 bits per heavy atom. The van der Waals surface area contributed by atoms with Crippen molar-refractivity contribution in [3.8, 4) is 17.2 Å². The van der Waals surface area contributed by atoms with E-state index in [2.05, 4.69) is 5.32 Å². The number of carbonyl (C=O) groups excluding carboxylic acids is 2. The molecule has 0 aromatic heterocycles. The number of rotatable bonds is 5. The van der Waals surface area contributed by atoms with Gasteiger partial charge >= 0.3 is 0 Å². The number of anilines is 1. The number of Topliss-reactive ketones (excluding diaryl/α,β-unsaturated/α-hetero) is 1. The molecule has 1 aliphatic carbocycles. The number of ether oxygens (including phenoxy) is 3. The zero-order chi connectivity index (χ0) is 19.7. The maximum atomic E-state index is 12.4. The highest BCUT2D eigenvalue weighted by atomic mass is 16.7. The molecular weight excluding hydrogens is 362 g/mol. The Labute approximate surface area is 162 Å². The molecule has 146 valence electrons. The van der Waals surface area contributed by atoms with Gasteiger partial charge in [-0.25, -0.2) is 0 Å². The van der Waals surface area contributed by atoms with Gasteiger partial charge in [-0.2, -0.15) is 0 Å². The third-order valence-electron chi connectivity index (χ3n) is 4.96. The van der Waals surface area contributed by atoms with Crippen LogP contribution in [-0.4, -0.2) is 30.2 Å². The maximum absolute atomic E-state index is 12.4. The van der Waals surface area contributed by atoms with E-state index in [1.807, 2.05) is 12.1 Å². The standard InChI is InChI=1S/C21H21NO6/c1-12(23)15-8-19-20(28-11-27-19)9-16(15)22-21(25)10-26-18-7-3-4-13-14(18)5-2-6-17(13)24/h3-4,7-9,17,24H,2,5-6,10-11H2,1H3,(H,22,25)/t17-/m0/s1. The van der Waals surface area contributed by atoms with Crippen LogP contribution in [0.1, 0.15) is 47.4 Å². The van der Waals surface area contributed by atoms with Gasteiger partial charge in [-0.1, -0.05) is 12.1 Å². The van der Waals surface area contributed by atoms with E-state index in [0.29, 0.717) is 28.5 Å². The number of amides is 1. The summed E-state index contributed by atoms with van der Waals surface area (Å²) >= 11 is 0. The molecule has 0 fully saturated rings. The van der Waals surface area contributed by atoms with E-state index in [1.165, 1.54) is 6.92 Å². The maximum Gasteiger partial charge on any atom is 0.262 e. The van der Waals surface area contributed by atoms with E-state index in [9.17, 15) is 14.7 Å². The van der Waals surface area contributed by atoms with Crippen molar-refractivity contribution in [2.45, 2.75) is 32.3 Å². The zero-order valence-corrected chi connectivity index (χ0v) is 15.5. The first kappa shape index (κ1) is 18.3. The largest absolute Gasteiger partial charge is 0.483 e. The van der Waals surface area contributed by atoms with Crippen molar-refractivity contribution in [1.82, 2.24) is 0 Å². The van der Waals surface area contributed by atoms with Crippen molar-refractivity contribution in [3.63, 3.8) is 0 Å². The molecule has 1 heterocycles. The number of aliphatic hydroxyl groups is 1. The Hall–Kier alpha value is -3.06. The molecule has 0 bridgehead atoms. The van der Waals surface area contributed by atoms with Gasteiger partial charge in [0.2, 0.25) is 6.79 Å². The minimum atomic E-state index is -0.493. The van der Waals surface area contributed by atoms with E-state index < -0.39 is 12.0 Å². The van der Waals surface area contributed by atoms with E-state index in [4.69, 9.17) is 14.2 Å². The summed E-state index contributed by atoms with van der Waals surface area (Å²) in [6, 6.07) is 8.64. The van der Waals surface area contributed by atoms with Gasteiger partial charge in [0.15, 0.2) is 23.9 Å². The lowest BCUT2D eigenvalue weighted by Crippen LogP contribution is -2.22. The van der Waals surface area contributed by atoms with Crippen molar-refractivity contribution in [2.24, 2.45) is 0 Å². The van der Waals surface area contributed by atoms with Crippen LogP contribution in [0.3, 0.4) is 0 Å². The Balaban J connectivity index is 1.48. The number of hydrogen-bond acceptors (Lipinski definition) is 6. The van der Waals surface area contributed by atoms with Crippen molar-refractivity contribution >= 4 is 17.4 Å². The lowest BCUT2D eigenvalue weighted by molar-refractivity contribution is -0.118. The fourth-order valence-electron chi connectivity index (χ4n) is 3.59. The van der Waals surface area contributed by atoms with Crippen LogP contribution in [0.5, 0.6) is 17.2 Å². The summed E-state index contributed by atoms with van der Waals surface area (Å²) in [6.45, 7) is 1.29. The molecule has 4 rings (SSSR count). The van der Waals surface area contributed by atoms with E-state index >= 15 is 0 Å². The van der Waals surface area contributed by atoms with Gasteiger partial charge in [0.1, 0.15) is 5.75 Å². The van der Waals surface area contributed by atoms with Crippen molar-refractivity contribution < 1.29 is 28.9 Å². The topological polar surface area (TPSA) is 94.1 Å². The van der Waals surface area contributed by atoms with Crippen molar-refractivity contribution in [1.29, 1.82) is 0 Å². The smallest absolute Gasteiger partial charge is 0.262 e. The average Bonchev–Trinajstić information content (AvgIpc) is 3.13. The third-order valence-corrected chi connectivity index (χ3v) is 4.96. The number of benzene rings is 2. The number of carbonyl (C=O) groups is 2.